The lowest BCUT2D eigenvalue weighted by atomic mass is 10.1. The number of hydrogen-bond acceptors (Lipinski definition) is 4. The van der Waals surface area contributed by atoms with Crippen molar-refractivity contribution in [2.45, 2.75) is 12.1 Å². The number of hydrogen-bond donors (Lipinski definition) is 0. The number of rotatable bonds is 2. The standard InChI is InChI=1S/C17H12FN3OS/c1-10-3-5-12(8-13(10)18)16(22)21-15-7-11(9-19)4-6-14(15)20-17(21)23-2/h3-8H,1-2H3. The first-order valence-corrected chi connectivity index (χ1v) is 8.05. The van der Waals surface area contributed by atoms with Crippen LogP contribution < -0.4 is 0 Å². The zero-order chi connectivity index (χ0) is 16.6. The summed E-state index contributed by atoms with van der Waals surface area (Å²) in [4.78, 5) is 17.2. The Morgan fingerprint density at radius 1 is 1.30 bits per heavy atom. The highest BCUT2D eigenvalue weighted by Crippen LogP contribution is 2.25. The molecular formula is C17H12FN3OS. The molecule has 0 saturated carbocycles. The summed E-state index contributed by atoms with van der Waals surface area (Å²) in [6.07, 6.45) is 1.81. The van der Waals surface area contributed by atoms with Gasteiger partial charge in [0.25, 0.3) is 5.91 Å². The molecule has 0 amide bonds. The highest BCUT2D eigenvalue weighted by Gasteiger charge is 2.19. The van der Waals surface area contributed by atoms with Crippen LogP contribution in [0.1, 0.15) is 21.5 Å². The number of thioether (sulfide) groups is 1. The number of fused-ring (bicyclic) bond motifs is 1. The molecule has 1 aromatic heterocycles. The normalized spacial score (nSPS) is 10.7. The number of aromatic nitrogens is 2. The van der Waals surface area contributed by atoms with Crippen LogP contribution in [0.15, 0.2) is 41.6 Å². The molecule has 114 valence electrons. The molecule has 0 saturated heterocycles. The quantitative estimate of drug-likeness (QED) is 0.673. The van der Waals surface area contributed by atoms with Crippen LogP contribution >= 0.6 is 11.8 Å². The molecule has 0 radical (unpaired) electrons. The van der Waals surface area contributed by atoms with E-state index in [2.05, 4.69) is 4.98 Å². The molecule has 0 aliphatic heterocycles. The average molecular weight is 325 g/mol. The molecule has 1 heterocycles. The van der Waals surface area contributed by atoms with Gasteiger partial charge < -0.3 is 0 Å². The van der Waals surface area contributed by atoms with E-state index in [1.54, 1.807) is 37.3 Å². The third kappa shape index (κ3) is 2.60. The van der Waals surface area contributed by atoms with E-state index >= 15 is 0 Å². The fraction of sp³-hybridized carbons (Fsp3) is 0.118. The lowest BCUT2D eigenvalue weighted by Crippen LogP contribution is -2.13. The number of carbonyl (C=O) groups is 1. The lowest BCUT2D eigenvalue weighted by Gasteiger charge is -2.07. The Morgan fingerprint density at radius 2 is 2.09 bits per heavy atom. The minimum atomic E-state index is -0.427. The molecule has 0 aliphatic carbocycles. The maximum Gasteiger partial charge on any atom is 0.264 e. The summed E-state index contributed by atoms with van der Waals surface area (Å²) in [5.41, 5.74) is 2.32. The van der Waals surface area contributed by atoms with Crippen molar-refractivity contribution in [1.82, 2.24) is 9.55 Å². The molecular weight excluding hydrogens is 313 g/mol. The molecule has 3 aromatic rings. The van der Waals surface area contributed by atoms with Gasteiger partial charge in [0.2, 0.25) is 0 Å². The molecule has 2 aromatic carbocycles. The van der Waals surface area contributed by atoms with Crippen LogP contribution in [0.4, 0.5) is 4.39 Å². The molecule has 0 bridgehead atoms. The predicted molar refractivity (Wildman–Crippen MR) is 87.1 cm³/mol. The van der Waals surface area contributed by atoms with Crippen molar-refractivity contribution in [1.29, 1.82) is 5.26 Å². The maximum absolute atomic E-state index is 13.8. The molecule has 23 heavy (non-hydrogen) atoms. The van der Waals surface area contributed by atoms with E-state index in [4.69, 9.17) is 5.26 Å². The molecule has 3 rings (SSSR count). The number of carbonyl (C=O) groups excluding carboxylic acids is 1. The summed E-state index contributed by atoms with van der Waals surface area (Å²) in [5, 5.41) is 9.56. The smallest absolute Gasteiger partial charge is 0.264 e. The number of imidazole rings is 1. The van der Waals surface area contributed by atoms with E-state index in [9.17, 15) is 9.18 Å². The van der Waals surface area contributed by atoms with Gasteiger partial charge in [-0.15, -0.1) is 0 Å². The average Bonchev–Trinajstić information content (AvgIpc) is 2.94. The van der Waals surface area contributed by atoms with Crippen molar-refractivity contribution in [2.24, 2.45) is 0 Å². The van der Waals surface area contributed by atoms with Gasteiger partial charge in [-0.3, -0.25) is 9.36 Å². The van der Waals surface area contributed by atoms with Gasteiger partial charge in [-0.25, -0.2) is 9.37 Å². The third-order valence-electron chi connectivity index (χ3n) is 3.56. The van der Waals surface area contributed by atoms with Crippen molar-refractivity contribution < 1.29 is 9.18 Å². The van der Waals surface area contributed by atoms with Gasteiger partial charge >= 0.3 is 0 Å². The summed E-state index contributed by atoms with van der Waals surface area (Å²) in [7, 11) is 0. The van der Waals surface area contributed by atoms with Gasteiger partial charge in [0.15, 0.2) is 5.16 Å². The lowest BCUT2D eigenvalue weighted by molar-refractivity contribution is 0.0954. The number of nitrogens with zero attached hydrogens (tertiary/aromatic N) is 3. The monoisotopic (exact) mass is 325 g/mol. The molecule has 0 aliphatic rings. The third-order valence-corrected chi connectivity index (χ3v) is 4.20. The summed E-state index contributed by atoms with van der Waals surface area (Å²) in [5.74, 6) is -0.797. The van der Waals surface area contributed by atoms with Crippen molar-refractivity contribution in [3.63, 3.8) is 0 Å². The van der Waals surface area contributed by atoms with Gasteiger partial charge in [-0.05, 0) is 49.1 Å². The molecule has 0 N–H and O–H groups in total. The molecule has 0 unspecified atom stereocenters. The molecule has 4 nitrogen and oxygen atoms in total. The zero-order valence-corrected chi connectivity index (χ0v) is 13.3. The first-order valence-electron chi connectivity index (χ1n) is 6.82. The Kier molecular flexibility index (Phi) is 3.89. The molecule has 0 fully saturated rings. The van der Waals surface area contributed by atoms with Gasteiger partial charge in [-0.1, -0.05) is 17.8 Å². The molecule has 0 atom stereocenters. The van der Waals surface area contributed by atoms with Crippen molar-refractivity contribution >= 4 is 28.7 Å². The van der Waals surface area contributed by atoms with Crippen LogP contribution in [0.2, 0.25) is 0 Å². The highest BCUT2D eigenvalue weighted by molar-refractivity contribution is 7.98. The SMILES string of the molecule is CSc1nc2ccc(C#N)cc2n1C(=O)c1ccc(C)c(F)c1. The Labute approximate surface area is 136 Å². The minimum absolute atomic E-state index is 0.241. The van der Waals surface area contributed by atoms with E-state index in [1.165, 1.54) is 22.4 Å². The van der Waals surface area contributed by atoms with Crippen LogP contribution in [0.25, 0.3) is 11.0 Å². The summed E-state index contributed by atoms with van der Waals surface area (Å²) < 4.78 is 15.2. The van der Waals surface area contributed by atoms with Gasteiger partial charge in [0.05, 0.1) is 22.7 Å². The second-order valence-electron chi connectivity index (χ2n) is 5.02. The number of aryl methyl sites for hydroxylation is 1. The highest BCUT2D eigenvalue weighted by atomic mass is 32.2. The number of nitriles is 1. The van der Waals surface area contributed by atoms with E-state index in [-0.39, 0.29) is 11.5 Å². The number of benzene rings is 2. The molecule has 0 spiro atoms. The zero-order valence-electron chi connectivity index (χ0n) is 12.5. The minimum Gasteiger partial charge on any atom is -0.268 e. The van der Waals surface area contributed by atoms with Crippen LogP contribution in [0, 0.1) is 24.1 Å². The second-order valence-corrected chi connectivity index (χ2v) is 5.79. The fourth-order valence-electron chi connectivity index (χ4n) is 2.31. The van der Waals surface area contributed by atoms with Crippen LogP contribution in [0.5, 0.6) is 0 Å². The van der Waals surface area contributed by atoms with Gasteiger partial charge in [-0.2, -0.15) is 5.26 Å². The predicted octanol–water partition coefficient (Wildman–Crippen LogP) is 3.77. The van der Waals surface area contributed by atoms with Gasteiger partial charge in [0.1, 0.15) is 5.82 Å². The second kappa shape index (κ2) is 5.86. The van der Waals surface area contributed by atoms with E-state index in [0.29, 0.717) is 27.3 Å². The van der Waals surface area contributed by atoms with Crippen LogP contribution in [-0.4, -0.2) is 21.7 Å². The van der Waals surface area contributed by atoms with Crippen molar-refractivity contribution in [3.05, 3.63) is 58.9 Å². The van der Waals surface area contributed by atoms with Crippen LogP contribution in [-0.2, 0) is 0 Å². The van der Waals surface area contributed by atoms with E-state index < -0.39 is 5.82 Å². The largest absolute Gasteiger partial charge is 0.268 e. The first-order chi connectivity index (χ1) is 11.0. The topological polar surface area (TPSA) is 58.7 Å². The summed E-state index contributed by atoms with van der Waals surface area (Å²) >= 11 is 1.32. The first kappa shape index (κ1) is 15.3. The Hall–Kier alpha value is -2.65. The van der Waals surface area contributed by atoms with Gasteiger partial charge in [0, 0.05) is 5.56 Å². The van der Waals surface area contributed by atoms with Crippen molar-refractivity contribution in [2.75, 3.05) is 6.26 Å². The Balaban J connectivity index is 2.22. The van der Waals surface area contributed by atoms with Crippen LogP contribution in [0.3, 0.4) is 0 Å². The van der Waals surface area contributed by atoms with E-state index in [1.807, 2.05) is 12.3 Å². The maximum atomic E-state index is 13.8. The molecule has 6 heteroatoms. The fourth-order valence-corrected chi connectivity index (χ4v) is 2.86. The number of halogens is 1. The summed E-state index contributed by atoms with van der Waals surface area (Å²) in [6, 6.07) is 11.4. The van der Waals surface area contributed by atoms with E-state index in [0.717, 1.165) is 0 Å². The van der Waals surface area contributed by atoms with Crippen molar-refractivity contribution in [3.8, 4) is 6.07 Å². The Bertz CT molecular complexity index is 972. The Morgan fingerprint density at radius 3 is 2.74 bits per heavy atom. The summed E-state index contributed by atoms with van der Waals surface area (Å²) in [6.45, 7) is 1.64.